The Hall–Kier alpha value is -3.15. The van der Waals surface area contributed by atoms with Gasteiger partial charge < -0.3 is 24.6 Å². The zero-order valence-corrected chi connectivity index (χ0v) is 22.1. The summed E-state index contributed by atoms with van der Waals surface area (Å²) in [6.45, 7) is 1.38. The molecule has 214 valence electrons. The Morgan fingerprint density at radius 3 is 2.42 bits per heavy atom. The molecule has 12 heteroatoms. The third kappa shape index (κ3) is 6.42. The molecule has 1 saturated carbocycles. The molecular weight excluding hydrogens is 554 g/mol. The van der Waals surface area contributed by atoms with Crippen molar-refractivity contribution < 1.29 is 32.2 Å². The normalized spacial score (nSPS) is 17.6. The minimum absolute atomic E-state index is 0.0422. The average Bonchev–Trinajstić information content (AvgIpc) is 3.75. The van der Waals surface area contributed by atoms with Crippen LogP contribution in [0.4, 0.5) is 17.6 Å². The molecule has 3 aromatic rings. The smallest absolute Gasteiger partial charge is 0.416 e. The molecule has 5 rings (SSSR count). The van der Waals surface area contributed by atoms with E-state index in [1.165, 1.54) is 24.4 Å². The molecule has 2 aromatic carbocycles. The van der Waals surface area contributed by atoms with Crippen LogP contribution in [0.5, 0.6) is 5.75 Å². The second-order valence-corrected chi connectivity index (χ2v) is 10.7. The lowest BCUT2D eigenvalue weighted by molar-refractivity contribution is -0.137. The van der Waals surface area contributed by atoms with Gasteiger partial charge in [-0.05, 0) is 62.1 Å². The van der Waals surface area contributed by atoms with Crippen LogP contribution in [0.2, 0.25) is 5.02 Å². The van der Waals surface area contributed by atoms with Gasteiger partial charge in [-0.1, -0.05) is 11.6 Å². The number of likely N-dealkylation sites (tertiary alicyclic amines) is 1. The number of β-amino-alcohol motifs (C(OH)–C–C–N with tert-alkyl or cyclic N) is 1. The van der Waals surface area contributed by atoms with Crippen LogP contribution in [0.1, 0.15) is 47.6 Å². The van der Waals surface area contributed by atoms with Crippen molar-refractivity contribution >= 4 is 28.4 Å². The van der Waals surface area contributed by atoms with Crippen LogP contribution < -0.4 is 15.5 Å². The number of pyridine rings is 1. The van der Waals surface area contributed by atoms with E-state index in [2.05, 4.69) is 5.32 Å². The maximum atomic E-state index is 14.1. The van der Waals surface area contributed by atoms with Crippen LogP contribution in [0.25, 0.3) is 10.9 Å². The number of nitrogens with one attached hydrogen (secondary N) is 1. The Morgan fingerprint density at radius 1 is 1.12 bits per heavy atom. The number of ether oxygens (including phenoxy) is 1. The van der Waals surface area contributed by atoms with Crippen LogP contribution in [-0.2, 0) is 6.18 Å². The van der Waals surface area contributed by atoms with Gasteiger partial charge in [0.1, 0.15) is 29.8 Å². The highest BCUT2D eigenvalue weighted by Crippen LogP contribution is 2.37. The SMILES string of the molecule is O=C(NC1CCN(C[C@H](O)COc2ccc(C(F)(F)F)cc2)CC1)c1cn(C2CC2)c2cc(Cl)c(F)cc2c1=O. The zero-order chi connectivity index (χ0) is 28.6. The fourth-order valence-electron chi connectivity index (χ4n) is 4.97. The van der Waals surface area contributed by atoms with Gasteiger partial charge in [0.2, 0.25) is 5.43 Å². The maximum absolute atomic E-state index is 14.1. The topological polar surface area (TPSA) is 83.8 Å². The second-order valence-electron chi connectivity index (χ2n) is 10.3. The van der Waals surface area contributed by atoms with E-state index in [-0.39, 0.29) is 40.4 Å². The highest BCUT2D eigenvalue weighted by molar-refractivity contribution is 6.31. The van der Waals surface area contributed by atoms with E-state index >= 15 is 0 Å². The molecule has 1 amide bonds. The number of fused-ring (bicyclic) bond motifs is 1. The Bertz CT molecular complexity index is 1450. The number of benzene rings is 2. The summed E-state index contributed by atoms with van der Waals surface area (Å²) in [5.41, 5.74) is -0.860. The summed E-state index contributed by atoms with van der Waals surface area (Å²) in [4.78, 5) is 28.2. The number of halogens is 5. The van der Waals surface area contributed by atoms with E-state index in [0.29, 0.717) is 38.0 Å². The predicted octanol–water partition coefficient (Wildman–Crippen LogP) is 4.78. The van der Waals surface area contributed by atoms with Gasteiger partial charge in [0, 0.05) is 43.3 Å². The van der Waals surface area contributed by atoms with Crippen LogP contribution in [0, 0.1) is 5.82 Å². The van der Waals surface area contributed by atoms with Gasteiger partial charge in [-0.15, -0.1) is 0 Å². The van der Waals surface area contributed by atoms with E-state index in [9.17, 15) is 32.3 Å². The number of nitrogens with zero attached hydrogens (tertiary/aromatic N) is 2. The second kappa shape index (κ2) is 11.4. The van der Waals surface area contributed by atoms with E-state index < -0.39 is 35.0 Å². The molecule has 1 aromatic heterocycles. The minimum Gasteiger partial charge on any atom is -0.491 e. The molecule has 1 atom stereocenters. The third-order valence-corrected chi connectivity index (χ3v) is 7.56. The van der Waals surface area contributed by atoms with Crippen molar-refractivity contribution in [3.05, 3.63) is 74.8 Å². The summed E-state index contributed by atoms with van der Waals surface area (Å²) < 4.78 is 59.5. The van der Waals surface area contributed by atoms with Crippen molar-refractivity contribution in [1.29, 1.82) is 0 Å². The Morgan fingerprint density at radius 2 is 1.80 bits per heavy atom. The van der Waals surface area contributed by atoms with Gasteiger partial charge in [0.15, 0.2) is 0 Å². The number of amides is 1. The van der Waals surface area contributed by atoms with Crippen LogP contribution >= 0.6 is 11.6 Å². The monoisotopic (exact) mass is 581 g/mol. The van der Waals surface area contributed by atoms with Crippen molar-refractivity contribution in [2.75, 3.05) is 26.2 Å². The van der Waals surface area contributed by atoms with Crippen molar-refractivity contribution in [3.63, 3.8) is 0 Å². The van der Waals surface area contributed by atoms with Crippen LogP contribution in [-0.4, -0.2) is 58.9 Å². The number of alkyl halides is 3. The Kier molecular flexibility index (Phi) is 8.08. The number of carbonyl (C=O) groups excluding carboxylic acids is 1. The molecule has 0 spiro atoms. The van der Waals surface area contributed by atoms with Gasteiger partial charge >= 0.3 is 6.18 Å². The third-order valence-electron chi connectivity index (χ3n) is 7.27. The first-order valence-corrected chi connectivity index (χ1v) is 13.4. The summed E-state index contributed by atoms with van der Waals surface area (Å²) in [5.74, 6) is -1.00. The first-order chi connectivity index (χ1) is 19.0. The molecule has 7 nitrogen and oxygen atoms in total. The summed E-state index contributed by atoms with van der Waals surface area (Å²) in [6.07, 6.45) is -0.779. The van der Waals surface area contributed by atoms with Gasteiger partial charge in [-0.25, -0.2) is 4.39 Å². The number of aromatic nitrogens is 1. The molecule has 1 aliphatic carbocycles. The van der Waals surface area contributed by atoms with E-state index in [4.69, 9.17) is 16.3 Å². The number of aliphatic hydroxyl groups excluding tert-OH is 1. The lowest BCUT2D eigenvalue weighted by Gasteiger charge is -2.33. The minimum atomic E-state index is -4.43. The number of piperidine rings is 1. The average molecular weight is 582 g/mol. The molecule has 0 bridgehead atoms. The van der Waals surface area contributed by atoms with Crippen LogP contribution in [0.3, 0.4) is 0 Å². The van der Waals surface area contributed by atoms with E-state index in [1.807, 2.05) is 9.47 Å². The largest absolute Gasteiger partial charge is 0.491 e. The maximum Gasteiger partial charge on any atom is 0.416 e. The Labute approximate surface area is 232 Å². The standard InChI is InChI=1S/C28H28ClF4N3O4/c29-23-12-25-21(11-24(23)30)26(38)22(14-36(25)18-3-4-18)27(39)34-17-7-9-35(10-8-17)13-19(37)15-40-20-5-1-16(2-6-20)28(31,32)33/h1-2,5-6,11-12,14,17-19,37H,3-4,7-10,13,15H2,(H,34,39)/t19-/m0/s1. The highest BCUT2D eigenvalue weighted by atomic mass is 35.5. The quantitative estimate of drug-likeness (QED) is 0.374. The van der Waals surface area contributed by atoms with Crippen LogP contribution in [0.15, 0.2) is 47.4 Å². The van der Waals surface area contributed by atoms with Crippen molar-refractivity contribution in [3.8, 4) is 5.75 Å². The molecule has 1 aliphatic heterocycles. The molecule has 2 aliphatic rings. The number of hydrogen-bond acceptors (Lipinski definition) is 5. The predicted molar refractivity (Wildman–Crippen MR) is 141 cm³/mol. The molecular formula is C28H28ClF4N3O4. The molecule has 0 unspecified atom stereocenters. The van der Waals surface area contributed by atoms with Gasteiger partial charge in [0.05, 0.1) is 16.1 Å². The van der Waals surface area contributed by atoms with Gasteiger partial charge in [-0.3, -0.25) is 9.59 Å². The zero-order valence-electron chi connectivity index (χ0n) is 21.4. The number of hydrogen-bond donors (Lipinski definition) is 2. The molecule has 2 heterocycles. The number of aliphatic hydroxyl groups is 1. The number of rotatable bonds is 8. The first kappa shape index (κ1) is 28.4. The fraction of sp³-hybridized carbons (Fsp3) is 0.429. The molecule has 40 heavy (non-hydrogen) atoms. The van der Waals surface area contributed by atoms with Crippen molar-refractivity contribution in [1.82, 2.24) is 14.8 Å². The fourth-order valence-corrected chi connectivity index (χ4v) is 5.12. The molecule has 1 saturated heterocycles. The van der Waals surface area contributed by atoms with Gasteiger partial charge in [-0.2, -0.15) is 13.2 Å². The lowest BCUT2D eigenvalue weighted by atomic mass is 10.0. The summed E-state index contributed by atoms with van der Waals surface area (Å²) in [7, 11) is 0. The van der Waals surface area contributed by atoms with Crippen molar-refractivity contribution in [2.24, 2.45) is 0 Å². The lowest BCUT2D eigenvalue weighted by Crippen LogP contribution is -2.47. The van der Waals surface area contributed by atoms with E-state index in [1.54, 1.807) is 0 Å². The summed E-state index contributed by atoms with van der Waals surface area (Å²) in [6, 6.07) is 6.73. The number of carbonyl (C=O) groups is 1. The van der Waals surface area contributed by atoms with Gasteiger partial charge in [0.25, 0.3) is 5.91 Å². The Balaban J connectivity index is 1.14. The van der Waals surface area contributed by atoms with E-state index in [0.717, 1.165) is 31.0 Å². The summed E-state index contributed by atoms with van der Waals surface area (Å²) >= 11 is 5.95. The first-order valence-electron chi connectivity index (χ1n) is 13.0. The molecule has 2 fully saturated rings. The summed E-state index contributed by atoms with van der Waals surface area (Å²) in [5, 5.41) is 13.3. The molecule has 0 radical (unpaired) electrons. The molecule has 2 N–H and O–H groups in total. The van der Waals surface area contributed by atoms with Crippen molar-refractivity contribution in [2.45, 2.75) is 50.0 Å². The highest BCUT2D eigenvalue weighted by Gasteiger charge is 2.31.